The van der Waals surface area contributed by atoms with Crippen molar-refractivity contribution in [2.24, 2.45) is 0 Å². The number of hydrogen-bond acceptors (Lipinski definition) is 4. The fraction of sp³-hybridized carbons (Fsp3) is 0.190. The van der Waals surface area contributed by atoms with Crippen molar-refractivity contribution in [1.29, 1.82) is 0 Å². The van der Waals surface area contributed by atoms with E-state index in [0.717, 1.165) is 12.2 Å². The highest BCUT2D eigenvalue weighted by molar-refractivity contribution is 5.93. The Morgan fingerprint density at radius 3 is 2.46 bits per heavy atom. The number of hydrogen-bond donors (Lipinski definition) is 1. The van der Waals surface area contributed by atoms with Gasteiger partial charge in [0, 0.05) is 38.7 Å². The number of nitrogens with one attached hydrogen (secondary N) is 1. The van der Waals surface area contributed by atoms with Gasteiger partial charge in [-0.3, -0.25) is 9.78 Å². The molecule has 0 aliphatic rings. The van der Waals surface area contributed by atoms with Crippen LogP contribution in [0.2, 0.25) is 0 Å². The number of likely N-dealkylation sites (N-methyl/N-ethyl adjacent to an activating group) is 1. The summed E-state index contributed by atoms with van der Waals surface area (Å²) >= 11 is 0. The van der Waals surface area contributed by atoms with E-state index in [0.29, 0.717) is 18.7 Å². The van der Waals surface area contributed by atoms with Crippen molar-refractivity contribution < 1.29 is 4.79 Å². The van der Waals surface area contributed by atoms with Gasteiger partial charge in [-0.05, 0) is 41.8 Å². The van der Waals surface area contributed by atoms with E-state index >= 15 is 0 Å². The summed E-state index contributed by atoms with van der Waals surface area (Å²) in [4.78, 5) is 22.6. The van der Waals surface area contributed by atoms with E-state index in [4.69, 9.17) is 0 Å². The lowest BCUT2D eigenvalue weighted by molar-refractivity contribution is 0.0796. The van der Waals surface area contributed by atoms with Crippen molar-refractivity contribution in [2.75, 3.05) is 18.9 Å². The number of carbonyl (C=O) groups excluding carboxylic acids is 1. The van der Waals surface area contributed by atoms with Crippen LogP contribution >= 0.6 is 0 Å². The monoisotopic (exact) mass is 346 g/mol. The van der Waals surface area contributed by atoms with Gasteiger partial charge in [-0.2, -0.15) is 0 Å². The molecule has 26 heavy (non-hydrogen) atoms. The number of rotatable bonds is 7. The van der Waals surface area contributed by atoms with Crippen LogP contribution < -0.4 is 5.32 Å². The van der Waals surface area contributed by atoms with Crippen LogP contribution in [0.4, 0.5) is 5.82 Å². The number of carbonyl (C=O) groups is 1. The van der Waals surface area contributed by atoms with Crippen LogP contribution in [0.1, 0.15) is 21.5 Å². The highest BCUT2D eigenvalue weighted by Gasteiger charge is 2.12. The van der Waals surface area contributed by atoms with Crippen molar-refractivity contribution in [3.8, 4) is 0 Å². The molecule has 0 aliphatic carbocycles. The van der Waals surface area contributed by atoms with Gasteiger partial charge in [-0.1, -0.05) is 30.3 Å². The second-order valence-corrected chi connectivity index (χ2v) is 6.10. The Labute approximate surface area is 153 Å². The molecular formula is C21H22N4O. The molecule has 0 radical (unpaired) electrons. The first-order valence-corrected chi connectivity index (χ1v) is 8.60. The van der Waals surface area contributed by atoms with Crippen LogP contribution in [0.5, 0.6) is 0 Å². The molecule has 0 atom stereocenters. The molecule has 1 aromatic carbocycles. The molecule has 0 fully saturated rings. The van der Waals surface area contributed by atoms with Gasteiger partial charge in [-0.25, -0.2) is 4.98 Å². The minimum atomic E-state index is -0.0267. The largest absolute Gasteiger partial charge is 0.366 e. The van der Waals surface area contributed by atoms with Crippen LogP contribution in [-0.4, -0.2) is 34.4 Å². The minimum Gasteiger partial charge on any atom is -0.366 e. The molecule has 1 N–H and O–H groups in total. The number of anilines is 1. The van der Waals surface area contributed by atoms with Crippen molar-refractivity contribution in [3.05, 3.63) is 89.9 Å². The van der Waals surface area contributed by atoms with E-state index < -0.39 is 0 Å². The maximum absolute atomic E-state index is 12.5. The summed E-state index contributed by atoms with van der Waals surface area (Å²) in [5, 5.41) is 3.26. The van der Waals surface area contributed by atoms with Crippen molar-refractivity contribution in [3.63, 3.8) is 0 Å². The van der Waals surface area contributed by atoms with Crippen LogP contribution in [0.3, 0.4) is 0 Å². The van der Waals surface area contributed by atoms with E-state index in [2.05, 4.69) is 27.4 Å². The van der Waals surface area contributed by atoms with Crippen molar-refractivity contribution in [2.45, 2.75) is 13.0 Å². The van der Waals surface area contributed by atoms with Crippen LogP contribution in [-0.2, 0) is 13.0 Å². The van der Waals surface area contributed by atoms with E-state index in [1.807, 2.05) is 49.5 Å². The lowest BCUT2D eigenvalue weighted by Gasteiger charge is -2.17. The Hall–Kier alpha value is -3.21. The predicted octanol–water partition coefficient (Wildman–Crippen LogP) is 3.40. The maximum atomic E-state index is 12.5. The summed E-state index contributed by atoms with van der Waals surface area (Å²) in [6, 6.07) is 17.7. The van der Waals surface area contributed by atoms with Crippen molar-refractivity contribution in [1.82, 2.24) is 14.9 Å². The fourth-order valence-corrected chi connectivity index (χ4v) is 2.58. The second-order valence-electron chi connectivity index (χ2n) is 6.10. The molecule has 0 bridgehead atoms. The Balaban J connectivity index is 1.52. The van der Waals surface area contributed by atoms with Gasteiger partial charge in [-0.15, -0.1) is 0 Å². The Kier molecular flexibility index (Phi) is 5.93. The Morgan fingerprint density at radius 1 is 1.00 bits per heavy atom. The molecule has 0 spiro atoms. The standard InChI is InChI=1S/C21H22N4O/c1-25(14-11-17-9-12-22-13-10-17)21(26)19-7-8-20(24-16-19)23-15-18-5-3-2-4-6-18/h2-10,12-13,16H,11,14-15H2,1H3,(H,23,24). The minimum absolute atomic E-state index is 0.0267. The van der Waals surface area contributed by atoms with Gasteiger partial charge in [0.15, 0.2) is 0 Å². The summed E-state index contributed by atoms with van der Waals surface area (Å²) < 4.78 is 0. The first kappa shape index (κ1) is 17.6. The molecule has 132 valence electrons. The van der Waals surface area contributed by atoms with E-state index in [1.54, 1.807) is 23.5 Å². The molecule has 5 nitrogen and oxygen atoms in total. The van der Waals surface area contributed by atoms with E-state index in [1.165, 1.54) is 11.1 Å². The average molecular weight is 346 g/mol. The summed E-state index contributed by atoms with van der Waals surface area (Å²) in [6.45, 7) is 1.35. The van der Waals surface area contributed by atoms with Crippen molar-refractivity contribution >= 4 is 11.7 Å². The third-order valence-corrected chi connectivity index (χ3v) is 4.16. The number of nitrogens with zero attached hydrogens (tertiary/aromatic N) is 3. The number of pyridine rings is 2. The molecular weight excluding hydrogens is 324 g/mol. The van der Waals surface area contributed by atoms with E-state index in [-0.39, 0.29) is 5.91 Å². The number of aromatic nitrogens is 2. The number of benzene rings is 1. The lowest BCUT2D eigenvalue weighted by atomic mass is 10.2. The summed E-state index contributed by atoms with van der Waals surface area (Å²) in [5.41, 5.74) is 2.94. The Bertz CT molecular complexity index is 820. The first-order chi connectivity index (χ1) is 12.7. The fourth-order valence-electron chi connectivity index (χ4n) is 2.58. The highest BCUT2D eigenvalue weighted by Crippen LogP contribution is 2.10. The molecule has 3 aromatic rings. The zero-order chi connectivity index (χ0) is 18.2. The normalized spacial score (nSPS) is 10.3. The number of amides is 1. The predicted molar refractivity (Wildman–Crippen MR) is 103 cm³/mol. The van der Waals surface area contributed by atoms with Crippen LogP contribution in [0, 0.1) is 0 Å². The van der Waals surface area contributed by atoms with Gasteiger partial charge in [0.2, 0.25) is 0 Å². The second kappa shape index (κ2) is 8.76. The van der Waals surface area contributed by atoms with Gasteiger partial charge < -0.3 is 10.2 Å². The molecule has 2 aromatic heterocycles. The zero-order valence-corrected chi connectivity index (χ0v) is 14.8. The van der Waals surface area contributed by atoms with Gasteiger partial charge in [0.25, 0.3) is 5.91 Å². The van der Waals surface area contributed by atoms with E-state index in [9.17, 15) is 4.79 Å². The smallest absolute Gasteiger partial charge is 0.255 e. The average Bonchev–Trinajstić information content (AvgIpc) is 2.72. The molecule has 0 aliphatic heterocycles. The molecule has 0 saturated heterocycles. The third kappa shape index (κ3) is 4.89. The van der Waals surface area contributed by atoms with Gasteiger partial charge in [0.05, 0.1) is 5.56 Å². The van der Waals surface area contributed by atoms with Gasteiger partial charge >= 0.3 is 0 Å². The quantitative estimate of drug-likeness (QED) is 0.712. The molecule has 0 saturated carbocycles. The lowest BCUT2D eigenvalue weighted by Crippen LogP contribution is -2.29. The third-order valence-electron chi connectivity index (χ3n) is 4.16. The topological polar surface area (TPSA) is 58.1 Å². The summed E-state index contributed by atoms with van der Waals surface area (Å²) in [5.74, 6) is 0.728. The van der Waals surface area contributed by atoms with Gasteiger partial charge in [0.1, 0.15) is 5.82 Å². The molecule has 0 unspecified atom stereocenters. The molecule has 1 amide bonds. The first-order valence-electron chi connectivity index (χ1n) is 8.60. The maximum Gasteiger partial charge on any atom is 0.255 e. The van der Waals surface area contributed by atoms with Crippen LogP contribution in [0.25, 0.3) is 0 Å². The highest BCUT2D eigenvalue weighted by atomic mass is 16.2. The molecule has 3 rings (SSSR count). The SMILES string of the molecule is CN(CCc1ccncc1)C(=O)c1ccc(NCc2ccccc2)nc1. The zero-order valence-electron chi connectivity index (χ0n) is 14.8. The Morgan fingerprint density at radius 2 is 1.77 bits per heavy atom. The summed E-state index contributed by atoms with van der Waals surface area (Å²) in [7, 11) is 1.81. The van der Waals surface area contributed by atoms with Crippen LogP contribution in [0.15, 0.2) is 73.2 Å². The molecule has 5 heteroatoms. The molecule has 2 heterocycles. The summed E-state index contributed by atoms with van der Waals surface area (Å²) in [6.07, 6.45) is 5.96.